The number of hydrogen-bond donors (Lipinski definition) is 0. The molecule has 0 saturated carbocycles. The van der Waals surface area contributed by atoms with Gasteiger partial charge >= 0.3 is 0 Å². The Hall–Kier alpha value is -5.47. The predicted molar refractivity (Wildman–Crippen MR) is 156 cm³/mol. The van der Waals surface area contributed by atoms with Crippen molar-refractivity contribution >= 4 is 39.6 Å². The molecular weight excluding hydrogens is 496 g/mol. The van der Waals surface area contributed by atoms with E-state index in [4.69, 9.17) is 9.40 Å². The molecule has 4 aromatic carbocycles. The number of hydrogen-bond acceptors (Lipinski definition) is 4. The molecule has 190 valence electrons. The van der Waals surface area contributed by atoms with E-state index in [0.29, 0.717) is 33.9 Å². The number of oxazole rings is 1. The highest BCUT2D eigenvalue weighted by molar-refractivity contribution is 6.42. The van der Waals surface area contributed by atoms with Gasteiger partial charge in [0.2, 0.25) is 0 Å². The molecule has 0 unspecified atom stereocenters. The number of allylic oxidation sites excluding steroid dienone is 1. The number of carbonyl (C=O) groups excluding carboxylic acids is 2. The van der Waals surface area contributed by atoms with Crippen LogP contribution in [0, 0.1) is 25.7 Å². The third kappa shape index (κ3) is 3.78. The van der Waals surface area contributed by atoms with E-state index in [1.807, 2.05) is 97.3 Å². The van der Waals surface area contributed by atoms with Crippen LogP contribution in [0.5, 0.6) is 0 Å². The maximum absolute atomic E-state index is 13.5. The molecule has 0 N–H and O–H groups in total. The van der Waals surface area contributed by atoms with Gasteiger partial charge in [0.1, 0.15) is 0 Å². The molecule has 0 atom stereocenters. The summed E-state index contributed by atoms with van der Waals surface area (Å²) in [5.41, 5.74) is 6.54. The normalized spacial score (nSPS) is 12.6. The first-order valence-corrected chi connectivity index (χ1v) is 13.0. The summed E-state index contributed by atoms with van der Waals surface area (Å²) in [6, 6.07) is 28.8. The van der Waals surface area contributed by atoms with Crippen molar-refractivity contribution < 1.29 is 14.0 Å². The lowest BCUT2D eigenvalue weighted by Gasteiger charge is -2.13. The average Bonchev–Trinajstić information content (AvgIpc) is 3.58. The molecule has 0 amide bonds. The smallest absolute Gasteiger partial charge is 0.276 e. The van der Waals surface area contributed by atoms with Crippen LogP contribution in [0.15, 0.2) is 101 Å². The molecule has 0 fully saturated rings. The van der Waals surface area contributed by atoms with Crippen LogP contribution in [0.2, 0.25) is 0 Å². The minimum atomic E-state index is -0.279. The van der Waals surface area contributed by atoms with Crippen molar-refractivity contribution in [3.05, 3.63) is 136 Å². The summed E-state index contributed by atoms with van der Waals surface area (Å²) in [4.78, 5) is 31.7. The van der Waals surface area contributed by atoms with Gasteiger partial charge in [-0.3, -0.25) is 14.2 Å². The first-order chi connectivity index (χ1) is 19.5. The summed E-state index contributed by atoms with van der Waals surface area (Å²) >= 11 is 0. The average molecular weight is 519 g/mol. The number of benzene rings is 4. The van der Waals surface area contributed by atoms with E-state index < -0.39 is 0 Å². The van der Waals surface area contributed by atoms with Gasteiger partial charge in [-0.2, -0.15) is 4.98 Å². The third-order valence-corrected chi connectivity index (χ3v) is 7.29. The van der Waals surface area contributed by atoms with Crippen LogP contribution < -0.4 is 0 Å². The van der Waals surface area contributed by atoms with Gasteiger partial charge in [-0.15, -0.1) is 0 Å². The van der Waals surface area contributed by atoms with Crippen molar-refractivity contribution in [2.75, 3.05) is 0 Å². The Morgan fingerprint density at radius 1 is 0.750 bits per heavy atom. The number of rotatable bonds is 2. The van der Waals surface area contributed by atoms with Crippen molar-refractivity contribution in [3.8, 4) is 17.5 Å². The standard InChI is InChI=1S/C35H22N2O3/c1-21-9-8-10-22(2)32(21)37-26(20-30-35(37)36-31(40-30)16-15-23-11-4-3-5-12-23)19-29-33(38)27-17-24-13-6-7-14-25(24)18-28(27)34(29)39/h3-14,17-20H,1-2H3. The fourth-order valence-electron chi connectivity index (χ4n) is 5.39. The van der Waals surface area contributed by atoms with Crippen molar-refractivity contribution in [2.45, 2.75) is 13.8 Å². The highest BCUT2D eigenvalue weighted by Gasteiger charge is 2.34. The lowest BCUT2D eigenvalue weighted by atomic mass is 10.0. The Labute approximate surface area is 230 Å². The lowest BCUT2D eigenvalue weighted by molar-refractivity contribution is 0.0990. The summed E-state index contributed by atoms with van der Waals surface area (Å²) in [7, 11) is 0. The summed E-state index contributed by atoms with van der Waals surface area (Å²) in [6.45, 7) is 4.04. The van der Waals surface area contributed by atoms with Gasteiger partial charge in [-0.1, -0.05) is 66.6 Å². The van der Waals surface area contributed by atoms with E-state index in [9.17, 15) is 9.59 Å². The zero-order chi connectivity index (χ0) is 27.4. The van der Waals surface area contributed by atoms with Crippen LogP contribution in [-0.4, -0.2) is 21.1 Å². The van der Waals surface area contributed by atoms with Gasteiger partial charge in [0, 0.05) is 22.8 Å². The number of ketones is 2. The molecule has 5 nitrogen and oxygen atoms in total. The first-order valence-electron chi connectivity index (χ1n) is 13.0. The molecule has 0 aliphatic heterocycles. The van der Waals surface area contributed by atoms with E-state index >= 15 is 0 Å². The zero-order valence-electron chi connectivity index (χ0n) is 21.9. The number of carbonyl (C=O) groups is 2. The van der Waals surface area contributed by atoms with Gasteiger partial charge in [0.05, 0.1) is 17.0 Å². The lowest BCUT2D eigenvalue weighted by Crippen LogP contribution is -2.05. The summed E-state index contributed by atoms with van der Waals surface area (Å²) in [5, 5.41) is 1.85. The predicted octanol–water partition coefficient (Wildman–Crippen LogP) is 7.25. The van der Waals surface area contributed by atoms with Gasteiger partial charge in [-0.25, -0.2) is 0 Å². The van der Waals surface area contributed by atoms with E-state index in [0.717, 1.165) is 33.2 Å². The van der Waals surface area contributed by atoms with Crippen LogP contribution in [0.4, 0.5) is 0 Å². The molecule has 2 aromatic heterocycles. The van der Waals surface area contributed by atoms with Crippen LogP contribution in [0.1, 0.15) is 49.0 Å². The second-order valence-corrected chi connectivity index (χ2v) is 9.93. The number of para-hydroxylation sites is 1. The summed E-state index contributed by atoms with van der Waals surface area (Å²) < 4.78 is 7.99. The van der Waals surface area contributed by atoms with Gasteiger partial charge < -0.3 is 4.42 Å². The van der Waals surface area contributed by atoms with E-state index in [2.05, 4.69) is 11.8 Å². The number of fused-ring (bicyclic) bond motifs is 3. The quantitative estimate of drug-likeness (QED) is 0.138. The van der Waals surface area contributed by atoms with Gasteiger partial charge in [0.15, 0.2) is 22.8 Å². The van der Waals surface area contributed by atoms with Gasteiger partial charge in [-0.05, 0) is 72.0 Å². The second kappa shape index (κ2) is 9.07. The molecule has 2 heterocycles. The first kappa shape index (κ1) is 23.6. The topological polar surface area (TPSA) is 65.1 Å². The van der Waals surface area contributed by atoms with Gasteiger partial charge in [0.25, 0.3) is 5.89 Å². The Kier molecular flexibility index (Phi) is 5.36. The molecule has 6 aromatic rings. The van der Waals surface area contributed by atoms with Crippen LogP contribution in [-0.2, 0) is 0 Å². The minimum Gasteiger partial charge on any atom is -0.428 e. The van der Waals surface area contributed by atoms with E-state index in [-0.39, 0.29) is 17.1 Å². The molecule has 7 rings (SSSR count). The van der Waals surface area contributed by atoms with Crippen molar-refractivity contribution in [1.82, 2.24) is 9.55 Å². The minimum absolute atomic E-state index is 0.127. The number of aryl methyl sites for hydroxylation is 2. The molecular formula is C35H22N2O3. The number of aromatic nitrogens is 2. The molecule has 0 bridgehead atoms. The van der Waals surface area contributed by atoms with E-state index in [1.165, 1.54) is 0 Å². The fraction of sp³-hybridized carbons (Fsp3) is 0.0571. The Balaban J connectivity index is 1.40. The zero-order valence-corrected chi connectivity index (χ0v) is 21.9. The second-order valence-electron chi connectivity index (χ2n) is 9.93. The Bertz CT molecular complexity index is 2040. The monoisotopic (exact) mass is 518 g/mol. The van der Waals surface area contributed by atoms with Crippen LogP contribution >= 0.6 is 0 Å². The Morgan fingerprint density at radius 3 is 2.02 bits per heavy atom. The van der Waals surface area contributed by atoms with E-state index in [1.54, 1.807) is 18.2 Å². The maximum atomic E-state index is 13.5. The molecule has 0 radical (unpaired) electrons. The maximum Gasteiger partial charge on any atom is 0.276 e. The molecule has 5 heteroatoms. The highest BCUT2D eigenvalue weighted by atomic mass is 16.3. The van der Waals surface area contributed by atoms with Crippen molar-refractivity contribution in [3.63, 3.8) is 0 Å². The fourth-order valence-corrected chi connectivity index (χ4v) is 5.39. The largest absolute Gasteiger partial charge is 0.428 e. The molecule has 1 aliphatic carbocycles. The number of Topliss-reactive ketones (excluding diaryl/α,β-unsaturated/α-hetero) is 2. The molecule has 1 aliphatic rings. The SMILES string of the molecule is Cc1cccc(C)c1-n1c(C=C2C(=O)c3cc4ccccc4cc3C2=O)cc2oc(C#Cc3ccccc3)nc21. The molecule has 0 saturated heterocycles. The van der Waals surface area contributed by atoms with Crippen LogP contribution in [0.3, 0.4) is 0 Å². The number of nitrogens with zero attached hydrogens (tertiary/aromatic N) is 2. The molecule has 0 spiro atoms. The summed E-state index contributed by atoms with van der Waals surface area (Å²) in [6.07, 6.45) is 1.66. The Morgan fingerprint density at radius 2 is 1.38 bits per heavy atom. The van der Waals surface area contributed by atoms with Crippen molar-refractivity contribution in [2.24, 2.45) is 0 Å². The van der Waals surface area contributed by atoms with Crippen LogP contribution in [0.25, 0.3) is 33.8 Å². The van der Waals surface area contributed by atoms with Crippen molar-refractivity contribution in [1.29, 1.82) is 0 Å². The highest BCUT2D eigenvalue weighted by Crippen LogP contribution is 2.34. The molecule has 40 heavy (non-hydrogen) atoms. The summed E-state index contributed by atoms with van der Waals surface area (Å²) in [5.74, 6) is 5.83. The third-order valence-electron chi connectivity index (χ3n) is 7.29.